The van der Waals surface area contributed by atoms with Crippen molar-refractivity contribution in [3.8, 4) is 11.5 Å². The first-order valence-electron chi connectivity index (χ1n) is 9.14. The van der Waals surface area contributed by atoms with E-state index < -0.39 is 36.1 Å². The number of nitrogens with one attached hydrogen (secondary N) is 1. The summed E-state index contributed by atoms with van der Waals surface area (Å²) in [5, 5.41) is 6.60. The van der Waals surface area contributed by atoms with Crippen LogP contribution in [0.5, 0.6) is 0 Å². The number of hydrogen-bond acceptors (Lipinski definition) is 6. The third kappa shape index (κ3) is 4.99. The van der Waals surface area contributed by atoms with Gasteiger partial charge in [-0.05, 0) is 56.7 Å². The number of nitrogens with zero attached hydrogens (tertiary/aromatic N) is 2. The van der Waals surface area contributed by atoms with E-state index >= 15 is 0 Å². The number of halogens is 1. The molecule has 0 aliphatic rings. The van der Waals surface area contributed by atoms with E-state index in [1.54, 1.807) is 6.07 Å². The molecule has 8 nitrogen and oxygen atoms in total. The Morgan fingerprint density at radius 1 is 1.20 bits per heavy atom. The summed E-state index contributed by atoms with van der Waals surface area (Å²) in [7, 11) is 0. The number of aryl methyl sites for hydroxylation is 2. The molecule has 1 heterocycles. The number of hydrogen-bond donors (Lipinski definition) is 1. The predicted molar refractivity (Wildman–Crippen MR) is 106 cm³/mol. The van der Waals surface area contributed by atoms with Crippen LogP contribution in [0, 0.1) is 19.7 Å². The van der Waals surface area contributed by atoms with Crippen LogP contribution in [-0.2, 0) is 20.9 Å². The standard InChI is InChI=1S/C21H20FN3O5/c1-12-4-9-17(13(2)10-12)23-19(27)14(3)29-18(26)11-25-21(28)30-20(24-25)15-5-7-16(22)8-6-15/h4-10,14H,11H2,1-3H3,(H,23,27). The number of carbonyl (C=O) groups excluding carboxylic acids is 2. The number of benzene rings is 2. The quantitative estimate of drug-likeness (QED) is 0.624. The smallest absolute Gasteiger partial charge is 0.437 e. The fourth-order valence-electron chi connectivity index (χ4n) is 2.71. The van der Waals surface area contributed by atoms with Gasteiger partial charge < -0.3 is 14.5 Å². The van der Waals surface area contributed by atoms with Crippen molar-refractivity contribution in [2.24, 2.45) is 0 Å². The molecule has 30 heavy (non-hydrogen) atoms. The van der Waals surface area contributed by atoms with E-state index in [4.69, 9.17) is 9.15 Å². The molecule has 0 aliphatic heterocycles. The molecule has 0 saturated carbocycles. The predicted octanol–water partition coefficient (Wildman–Crippen LogP) is 2.83. The van der Waals surface area contributed by atoms with Crippen molar-refractivity contribution in [3.05, 3.63) is 70.0 Å². The van der Waals surface area contributed by atoms with Gasteiger partial charge in [0, 0.05) is 11.3 Å². The topological polar surface area (TPSA) is 103 Å². The Morgan fingerprint density at radius 3 is 2.57 bits per heavy atom. The van der Waals surface area contributed by atoms with Crippen molar-refractivity contribution in [2.75, 3.05) is 5.32 Å². The van der Waals surface area contributed by atoms with Crippen molar-refractivity contribution in [1.82, 2.24) is 9.78 Å². The number of ether oxygens (including phenoxy) is 1. The molecule has 0 fully saturated rings. The molecule has 156 valence electrons. The highest BCUT2D eigenvalue weighted by atomic mass is 19.1. The first kappa shape index (κ1) is 21.0. The number of anilines is 1. The van der Waals surface area contributed by atoms with Crippen LogP contribution in [-0.4, -0.2) is 27.8 Å². The molecule has 1 aromatic heterocycles. The molecule has 2 aromatic carbocycles. The molecule has 0 aliphatic carbocycles. The van der Waals surface area contributed by atoms with Gasteiger partial charge in [0.2, 0.25) is 5.89 Å². The van der Waals surface area contributed by atoms with Gasteiger partial charge in [-0.3, -0.25) is 9.59 Å². The Balaban J connectivity index is 1.61. The van der Waals surface area contributed by atoms with Gasteiger partial charge in [0.25, 0.3) is 5.91 Å². The molecule has 1 atom stereocenters. The first-order valence-corrected chi connectivity index (χ1v) is 9.14. The molecule has 0 radical (unpaired) electrons. The average Bonchev–Trinajstić information content (AvgIpc) is 3.04. The lowest BCUT2D eigenvalue weighted by Gasteiger charge is -2.14. The fourth-order valence-corrected chi connectivity index (χ4v) is 2.71. The summed E-state index contributed by atoms with van der Waals surface area (Å²) in [4.78, 5) is 36.4. The van der Waals surface area contributed by atoms with Crippen molar-refractivity contribution < 1.29 is 23.1 Å². The second-order valence-electron chi connectivity index (χ2n) is 6.78. The molecule has 0 bridgehead atoms. The summed E-state index contributed by atoms with van der Waals surface area (Å²) in [6.45, 7) is 4.68. The average molecular weight is 413 g/mol. The maximum Gasteiger partial charge on any atom is 0.437 e. The molecular formula is C21H20FN3O5. The van der Waals surface area contributed by atoms with Gasteiger partial charge >= 0.3 is 11.7 Å². The summed E-state index contributed by atoms with van der Waals surface area (Å²) >= 11 is 0. The summed E-state index contributed by atoms with van der Waals surface area (Å²) in [6.07, 6.45) is -1.09. The van der Waals surface area contributed by atoms with E-state index in [9.17, 15) is 18.8 Å². The number of carbonyl (C=O) groups is 2. The minimum Gasteiger partial charge on any atom is -0.451 e. The summed E-state index contributed by atoms with van der Waals surface area (Å²) < 4.78 is 23.9. The highest BCUT2D eigenvalue weighted by molar-refractivity contribution is 5.95. The zero-order valence-electron chi connectivity index (χ0n) is 16.6. The van der Waals surface area contributed by atoms with Crippen LogP contribution in [0.3, 0.4) is 0 Å². The normalized spacial score (nSPS) is 11.7. The number of rotatable bonds is 6. The molecular weight excluding hydrogens is 393 g/mol. The largest absolute Gasteiger partial charge is 0.451 e. The molecule has 0 saturated heterocycles. The SMILES string of the molecule is Cc1ccc(NC(=O)C(C)OC(=O)Cn2nc(-c3ccc(F)cc3)oc2=O)c(C)c1. The summed E-state index contributed by atoms with van der Waals surface area (Å²) in [6, 6.07) is 10.7. The van der Waals surface area contributed by atoms with E-state index in [1.165, 1.54) is 31.2 Å². The number of esters is 1. The van der Waals surface area contributed by atoms with Crippen LogP contribution in [0.2, 0.25) is 0 Å². The van der Waals surface area contributed by atoms with Crippen LogP contribution in [0.15, 0.2) is 51.7 Å². The van der Waals surface area contributed by atoms with Crippen molar-refractivity contribution in [3.63, 3.8) is 0 Å². The highest BCUT2D eigenvalue weighted by Crippen LogP contribution is 2.17. The minimum atomic E-state index is -1.09. The zero-order chi connectivity index (χ0) is 21.8. The lowest BCUT2D eigenvalue weighted by atomic mass is 10.1. The van der Waals surface area contributed by atoms with Crippen LogP contribution in [0.1, 0.15) is 18.1 Å². The third-order valence-corrected chi connectivity index (χ3v) is 4.29. The van der Waals surface area contributed by atoms with E-state index in [-0.39, 0.29) is 5.89 Å². The van der Waals surface area contributed by atoms with Crippen LogP contribution in [0.25, 0.3) is 11.5 Å². The molecule has 9 heteroatoms. The van der Waals surface area contributed by atoms with E-state index in [0.717, 1.165) is 15.8 Å². The van der Waals surface area contributed by atoms with Crippen molar-refractivity contribution >= 4 is 17.6 Å². The minimum absolute atomic E-state index is 0.0616. The van der Waals surface area contributed by atoms with Crippen LogP contribution < -0.4 is 11.1 Å². The second-order valence-corrected chi connectivity index (χ2v) is 6.78. The second kappa shape index (κ2) is 8.73. The van der Waals surface area contributed by atoms with Crippen LogP contribution in [0.4, 0.5) is 10.1 Å². The van der Waals surface area contributed by atoms with Crippen molar-refractivity contribution in [1.29, 1.82) is 0 Å². The van der Waals surface area contributed by atoms with E-state index in [1.807, 2.05) is 26.0 Å². The lowest BCUT2D eigenvalue weighted by molar-refractivity contribution is -0.154. The van der Waals surface area contributed by atoms with E-state index in [2.05, 4.69) is 10.4 Å². The van der Waals surface area contributed by atoms with Gasteiger partial charge in [-0.25, -0.2) is 9.18 Å². The molecule has 1 N–H and O–H groups in total. The monoisotopic (exact) mass is 413 g/mol. The zero-order valence-corrected chi connectivity index (χ0v) is 16.6. The molecule has 3 rings (SSSR count). The summed E-state index contributed by atoms with van der Waals surface area (Å²) in [5.41, 5.74) is 2.93. The third-order valence-electron chi connectivity index (χ3n) is 4.29. The highest BCUT2D eigenvalue weighted by Gasteiger charge is 2.21. The van der Waals surface area contributed by atoms with E-state index in [0.29, 0.717) is 11.3 Å². The molecule has 3 aromatic rings. The molecule has 1 unspecified atom stereocenters. The number of amides is 1. The van der Waals surface area contributed by atoms with Gasteiger partial charge in [0.05, 0.1) is 0 Å². The Bertz CT molecular complexity index is 1130. The van der Waals surface area contributed by atoms with Crippen molar-refractivity contribution in [2.45, 2.75) is 33.4 Å². The number of aromatic nitrogens is 2. The van der Waals surface area contributed by atoms with Gasteiger partial charge in [-0.2, -0.15) is 4.68 Å². The lowest BCUT2D eigenvalue weighted by Crippen LogP contribution is -2.32. The Kier molecular flexibility index (Phi) is 6.10. The van der Waals surface area contributed by atoms with Gasteiger partial charge in [0.1, 0.15) is 12.4 Å². The maximum atomic E-state index is 13.0. The fraction of sp³-hybridized carbons (Fsp3) is 0.238. The maximum absolute atomic E-state index is 13.0. The Morgan fingerprint density at radius 2 is 1.90 bits per heavy atom. The Hall–Kier alpha value is -3.75. The molecule has 1 amide bonds. The Labute approximate surface area is 171 Å². The molecule has 0 spiro atoms. The summed E-state index contributed by atoms with van der Waals surface area (Å²) in [5.74, 6) is -2.72. The van der Waals surface area contributed by atoms with Gasteiger partial charge in [-0.15, -0.1) is 5.10 Å². The first-order chi connectivity index (χ1) is 14.2. The van der Waals surface area contributed by atoms with Crippen LogP contribution >= 0.6 is 0 Å². The van der Waals surface area contributed by atoms with Gasteiger partial charge in [-0.1, -0.05) is 17.7 Å². The van der Waals surface area contributed by atoms with Gasteiger partial charge in [0.15, 0.2) is 6.10 Å².